The summed E-state index contributed by atoms with van der Waals surface area (Å²) in [5.41, 5.74) is 14.1. The highest BCUT2D eigenvalue weighted by Crippen LogP contribution is 2.23. The third-order valence-electron chi connectivity index (χ3n) is 5.10. The summed E-state index contributed by atoms with van der Waals surface area (Å²) in [6, 6.07) is 11.8. The van der Waals surface area contributed by atoms with Gasteiger partial charge in [-0.3, -0.25) is 19.3 Å². The minimum Gasteiger partial charge on any atom is -0.366 e. The number of aryl methyl sites for hydroxylation is 1. The smallest absolute Gasteiger partial charge is 0.327 e. The van der Waals surface area contributed by atoms with Crippen molar-refractivity contribution in [3.8, 4) is 0 Å². The van der Waals surface area contributed by atoms with Gasteiger partial charge in [0.2, 0.25) is 11.8 Å². The molecule has 0 radical (unpaired) electrons. The van der Waals surface area contributed by atoms with Crippen LogP contribution in [-0.4, -0.2) is 47.1 Å². The lowest BCUT2D eigenvalue weighted by Gasteiger charge is -2.18. The van der Waals surface area contributed by atoms with E-state index < -0.39 is 11.9 Å². The Hall–Kier alpha value is -3.72. The van der Waals surface area contributed by atoms with E-state index in [0.29, 0.717) is 24.2 Å². The molecule has 3 rings (SSSR count). The van der Waals surface area contributed by atoms with Gasteiger partial charge in [0, 0.05) is 31.3 Å². The topological polar surface area (TPSA) is 139 Å². The third kappa shape index (κ3) is 5.26. The van der Waals surface area contributed by atoms with Crippen LogP contribution in [0.3, 0.4) is 0 Å². The fraction of sp³-hybridized carbons (Fsp3) is 0.273. The summed E-state index contributed by atoms with van der Waals surface area (Å²) >= 11 is 0. The van der Waals surface area contributed by atoms with Crippen molar-refractivity contribution in [3.63, 3.8) is 0 Å². The van der Waals surface area contributed by atoms with Gasteiger partial charge < -0.3 is 21.7 Å². The van der Waals surface area contributed by atoms with Crippen LogP contribution in [-0.2, 0) is 29.1 Å². The van der Waals surface area contributed by atoms with Gasteiger partial charge in [-0.1, -0.05) is 30.3 Å². The average molecular weight is 423 g/mol. The Balaban J connectivity index is 1.75. The Bertz CT molecular complexity index is 1040. The Morgan fingerprint density at radius 1 is 1.10 bits per heavy atom. The van der Waals surface area contributed by atoms with Gasteiger partial charge in [-0.15, -0.1) is 0 Å². The van der Waals surface area contributed by atoms with Gasteiger partial charge in [-0.25, -0.2) is 4.79 Å². The van der Waals surface area contributed by atoms with E-state index in [0.717, 1.165) is 16.0 Å². The van der Waals surface area contributed by atoms with Crippen LogP contribution in [0.4, 0.5) is 10.5 Å². The molecule has 9 nitrogen and oxygen atoms in total. The van der Waals surface area contributed by atoms with Crippen LogP contribution in [0.1, 0.15) is 33.5 Å². The summed E-state index contributed by atoms with van der Waals surface area (Å²) in [5.74, 6) is -1.24. The Labute approximate surface area is 180 Å². The van der Waals surface area contributed by atoms with Crippen molar-refractivity contribution in [2.24, 2.45) is 11.5 Å². The minimum absolute atomic E-state index is 0.00175. The van der Waals surface area contributed by atoms with E-state index in [1.807, 2.05) is 24.3 Å². The zero-order valence-corrected chi connectivity index (χ0v) is 17.3. The number of hydrogen-bond acceptors (Lipinski definition) is 5. The number of benzene rings is 2. The molecule has 0 aromatic heterocycles. The van der Waals surface area contributed by atoms with Crippen LogP contribution < -0.4 is 16.8 Å². The highest BCUT2D eigenvalue weighted by atomic mass is 16.2. The fourth-order valence-electron chi connectivity index (χ4n) is 3.36. The van der Waals surface area contributed by atoms with Crippen LogP contribution in [0.15, 0.2) is 42.5 Å². The first-order valence-corrected chi connectivity index (χ1v) is 9.84. The number of imide groups is 1. The SMILES string of the molecule is CN1CC(=O)N(Cc2ccc(C(N)=O)cc2NC(=O)CCc2cccc(CN)c2)C1=O. The van der Waals surface area contributed by atoms with E-state index in [9.17, 15) is 19.2 Å². The number of urea groups is 1. The summed E-state index contributed by atoms with van der Waals surface area (Å²) in [6.07, 6.45) is 0.719. The van der Waals surface area contributed by atoms with Crippen molar-refractivity contribution in [1.29, 1.82) is 0 Å². The normalized spacial score (nSPS) is 13.6. The lowest BCUT2D eigenvalue weighted by molar-refractivity contribution is -0.125. The number of nitrogens with zero attached hydrogens (tertiary/aromatic N) is 2. The summed E-state index contributed by atoms with van der Waals surface area (Å²) in [7, 11) is 1.54. The van der Waals surface area contributed by atoms with Gasteiger partial charge in [0.05, 0.1) is 6.54 Å². The Morgan fingerprint density at radius 3 is 2.48 bits per heavy atom. The molecule has 0 spiro atoms. The monoisotopic (exact) mass is 423 g/mol. The summed E-state index contributed by atoms with van der Waals surface area (Å²) < 4.78 is 0. The molecule has 5 amide bonds. The number of carbonyl (C=O) groups is 4. The largest absolute Gasteiger partial charge is 0.366 e. The fourth-order valence-corrected chi connectivity index (χ4v) is 3.36. The number of amides is 5. The second kappa shape index (κ2) is 9.40. The van der Waals surface area contributed by atoms with Crippen molar-refractivity contribution in [1.82, 2.24) is 9.80 Å². The molecular weight excluding hydrogens is 398 g/mol. The molecule has 1 aliphatic heterocycles. The van der Waals surface area contributed by atoms with E-state index in [1.54, 1.807) is 13.1 Å². The second-order valence-electron chi connectivity index (χ2n) is 7.43. The van der Waals surface area contributed by atoms with Crippen LogP contribution in [0.25, 0.3) is 0 Å². The predicted molar refractivity (Wildman–Crippen MR) is 115 cm³/mol. The predicted octanol–water partition coefficient (Wildman–Crippen LogP) is 1.21. The van der Waals surface area contributed by atoms with Gasteiger partial charge >= 0.3 is 6.03 Å². The minimum atomic E-state index is -0.645. The zero-order valence-electron chi connectivity index (χ0n) is 17.3. The molecule has 0 atom stereocenters. The highest BCUT2D eigenvalue weighted by molar-refractivity contribution is 6.02. The van der Waals surface area contributed by atoms with Crippen molar-refractivity contribution >= 4 is 29.4 Å². The van der Waals surface area contributed by atoms with Crippen molar-refractivity contribution in [3.05, 3.63) is 64.7 Å². The van der Waals surface area contributed by atoms with Crippen LogP contribution in [0.2, 0.25) is 0 Å². The number of likely N-dealkylation sites (N-methyl/N-ethyl adjacent to an activating group) is 1. The highest BCUT2D eigenvalue weighted by Gasteiger charge is 2.33. The summed E-state index contributed by atoms with van der Waals surface area (Å²) in [6.45, 7) is 0.406. The van der Waals surface area contributed by atoms with Crippen LogP contribution in [0, 0.1) is 0 Å². The lowest BCUT2D eigenvalue weighted by Crippen LogP contribution is -2.31. The Morgan fingerprint density at radius 2 is 1.84 bits per heavy atom. The number of hydrogen-bond donors (Lipinski definition) is 3. The van der Waals surface area contributed by atoms with Crippen molar-refractivity contribution in [2.75, 3.05) is 18.9 Å². The van der Waals surface area contributed by atoms with Gasteiger partial charge in [0.15, 0.2) is 0 Å². The molecule has 31 heavy (non-hydrogen) atoms. The van der Waals surface area contributed by atoms with Gasteiger partial charge in [-0.2, -0.15) is 0 Å². The third-order valence-corrected chi connectivity index (χ3v) is 5.10. The number of rotatable bonds is 8. The summed E-state index contributed by atoms with van der Waals surface area (Å²) in [5, 5.41) is 2.79. The molecule has 9 heteroatoms. The summed E-state index contributed by atoms with van der Waals surface area (Å²) in [4.78, 5) is 50.9. The molecule has 162 valence electrons. The van der Waals surface area contributed by atoms with Gasteiger partial charge in [-0.05, 0) is 35.2 Å². The second-order valence-corrected chi connectivity index (χ2v) is 7.43. The Kier molecular flexibility index (Phi) is 6.66. The maximum atomic E-state index is 12.6. The molecule has 0 aliphatic carbocycles. The molecule has 2 aromatic rings. The first-order valence-electron chi connectivity index (χ1n) is 9.84. The van der Waals surface area contributed by atoms with Crippen molar-refractivity contribution < 1.29 is 19.2 Å². The van der Waals surface area contributed by atoms with Gasteiger partial charge in [0.1, 0.15) is 6.54 Å². The molecule has 5 N–H and O–H groups in total. The van der Waals surface area contributed by atoms with E-state index >= 15 is 0 Å². The van der Waals surface area contributed by atoms with E-state index in [-0.39, 0.29) is 36.9 Å². The zero-order chi connectivity index (χ0) is 22.5. The van der Waals surface area contributed by atoms with Crippen LogP contribution >= 0.6 is 0 Å². The number of anilines is 1. The molecule has 0 unspecified atom stereocenters. The maximum Gasteiger partial charge on any atom is 0.327 e. The number of primary amides is 1. The van der Waals surface area contributed by atoms with Crippen molar-refractivity contribution in [2.45, 2.75) is 25.9 Å². The molecule has 2 aromatic carbocycles. The molecule has 1 heterocycles. The molecular formula is C22H25N5O4. The molecule has 1 saturated heterocycles. The van der Waals surface area contributed by atoms with Gasteiger partial charge in [0.25, 0.3) is 5.91 Å². The van der Waals surface area contributed by atoms with E-state index in [1.165, 1.54) is 17.0 Å². The number of nitrogens with one attached hydrogen (secondary N) is 1. The molecule has 0 bridgehead atoms. The number of carbonyl (C=O) groups excluding carboxylic acids is 4. The standard InChI is InChI=1S/C22H25N5O4/c1-26-13-20(29)27(22(26)31)12-17-7-6-16(21(24)30)10-18(17)25-19(28)8-5-14-3-2-4-15(9-14)11-23/h2-4,6-7,9-10H,5,8,11-13,23H2,1H3,(H2,24,30)(H,25,28). The van der Waals surface area contributed by atoms with E-state index in [4.69, 9.17) is 11.5 Å². The molecule has 1 fully saturated rings. The molecule has 1 aliphatic rings. The number of nitrogens with two attached hydrogens (primary N) is 2. The quantitative estimate of drug-likeness (QED) is 0.548. The van der Waals surface area contributed by atoms with E-state index in [2.05, 4.69) is 5.32 Å². The maximum absolute atomic E-state index is 12.6. The first-order chi connectivity index (χ1) is 14.8. The molecule has 0 saturated carbocycles. The van der Waals surface area contributed by atoms with Crippen LogP contribution in [0.5, 0.6) is 0 Å². The average Bonchev–Trinajstić information content (AvgIpc) is 2.99. The first kappa shape index (κ1) is 22.0. The lowest BCUT2D eigenvalue weighted by atomic mass is 10.1.